The number of aromatic nitrogens is 1. The molecular weight excluding hydrogens is 339 g/mol. The monoisotopic (exact) mass is 353 g/mol. The average Bonchev–Trinajstić information content (AvgIpc) is 2.75. The van der Waals surface area contributed by atoms with E-state index in [0.29, 0.717) is 5.56 Å². The first kappa shape index (κ1) is 17.1. The minimum absolute atomic E-state index is 0.0242. The van der Waals surface area contributed by atoms with Gasteiger partial charge in [0.15, 0.2) is 0 Å². The van der Waals surface area contributed by atoms with Crippen molar-refractivity contribution in [1.82, 2.24) is 4.98 Å². The molecule has 3 rings (SSSR count). The Morgan fingerprint density at radius 3 is 2.60 bits per heavy atom. The second-order valence-electron chi connectivity index (χ2n) is 5.45. The number of fused-ring (bicyclic) bond motifs is 2. The number of methoxy groups -OCH3 is 2. The van der Waals surface area contributed by atoms with E-state index in [4.69, 9.17) is 9.47 Å². The number of rotatable bonds is 2. The molecule has 1 aromatic carbocycles. The maximum atomic E-state index is 13.6. The summed E-state index contributed by atoms with van der Waals surface area (Å²) in [5.74, 6) is -2.23. The van der Waals surface area contributed by atoms with Gasteiger partial charge in [-0.1, -0.05) is 6.07 Å². The van der Waals surface area contributed by atoms with Crippen LogP contribution in [0.5, 0.6) is 17.4 Å². The predicted octanol–water partition coefficient (Wildman–Crippen LogP) is 3.87. The fourth-order valence-electron chi connectivity index (χ4n) is 2.66. The number of hydrogen-bond donors (Lipinski definition) is 0. The van der Waals surface area contributed by atoms with Gasteiger partial charge in [-0.05, 0) is 30.2 Å². The van der Waals surface area contributed by atoms with Crippen LogP contribution in [-0.2, 0) is 11.2 Å². The number of pyridine rings is 1. The highest BCUT2D eigenvalue weighted by Crippen LogP contribution is 2.46. The summed E-state index contributed by atoms with van der Waals surface area (Å²) < 4.78 is 55.9. The predicted molar refractivity (Wildman–Crippen MR) is 81.1 cm³/mol. The lowest BCUT2D eigenvalue weighted by Crippen LogP contribution is -2.23. The van der Waals surface area contributed by atoms with Crippen molar-refractivity contribution in [1.29, 1.82) is 0 Å². The van der Waals surface area contributed by atoms with E-state index in [0.717, 1.165) is 0 Å². The summed E-state index contributed by atoms with van der Waals surface area (Å²) in [6, 6.07) is 7.00. The minimum atomic E-state index is -4.51. The van der Waals surface area contributed by atoms with Gasteiger partial charge in [-0.2, -0.15) is 13.2 Å². The van der Waals surface area contributed by atoms with Crippen molar-refractivity contribution in [2.75, 3.05) is 14.2 Å². The Labute approximate surface area is 141 Å². The van der Waals surface area contributed by atoms with E-state index in [-0.39, 0.29) is 35.1 Å². The van der Waals surface area contributed by atoms with Gasteiger partial charge in [-0.25, -0.2) is 9.78 Å². The molecule has 0 saturated heterocycles. The summed E-state index contributed by atoms with van der Waals surface area (Å²) in [6.07, 6.45) is -4.87. The molecule has 0 radical (unpaired) electrons. The summed E-state index contributed by atoms with van der Waals surface area (Å²) >= 11 is 0. The third kappa shape index (κ3) is 3.24. The highest BCUT2D eigenvalue weighted by atomic mass is 19.4. The highest BCUT2D eigenvalue weighted by Gasteiger charge is 2.45. The molecule has 0 N–H and O–H groups in total. The van der Waals surface area contributed by atoms with E-state index >= 15 is 0 Å². The second-order valence-corrected chi connectivity index (χ2v) is 5.45. The lowest BCUT2D eigenvalue weighted by Gasteiger charge is -2.19. The summed E-state index contributed by atoms with van der Waals surface area (Å²) in [7, 11) is 2.55. The zero-order chi connectivity index (χ0) is 18.2. The van der Waals surface area contributed by atoms with Gasteiger partial charge in [0.25, 0.3) is 0 Å². The fourth-order valence-corrected chi connectivity index (χ4v) is 2.66. The van der Waals surface area contributed by atoms with Gasteiger partial charge in [0.1, 0.15) is 17.4 Å². The normalized spacial score (nSPS) is 16.1. The van der Waals surface area contributed by atoms with Crippen LogP contribution in [0.2, 0.25) is 0 Å². The molecule has 1 aromatic heterocycles. The molecule has 0 bridgehead atoms. The maximum Gasteiger partial charge on any atom is 0.397 e. The van der Waals surface area contributed by atoms with Gasteiger partial charge in [-0.3, -0.25) is 0 Å². The summed E-state index contributed by atoms with van der Waals surface area (Å²) in [5, 5.41) is 0. The lowest BCUT2D eigenvalue weighted by atomic mass is 9.94. The van der Waals surface area contributed by atoms with Gasteiger partial charge < -0.3 is 14.2 Å². The van der Waals surface area contributed by atoms with Crippen molar-refractivity contribution in [3.8, 4) is 17.4 Å². The molecule has 0 spiro atoms. The average molecular weight is 353 g/mol. The molecule has 5 nitrogen and oxygen atoms in total. The Hall–Kier alpha value is -2.77. The Morgan fingerprint density at radius 2 is 1.96 bits per heavy atom. The summed E-state index contributed by atoms with van der Waals surface area (Å²) in [6.45, 7) is 0. The van der Waals surface area contributed by atoms with Gasteiger partial charge in [0, 0.05) is 6.07 Å². The number of alkyl halides is 3. The molecule has 0 amide bonds. The molecule has 2 aromatic rings. The van der Waals surface area contributed by atoms with Gasteiger partial charge >= 0.3 is 12.1 Å². The van der Waals surface area contributed by atoms with Crippen LogP contribution >= 0.6 is 0 Å². The smallest absolute Gasteiger partial charge is 0.397 e. The Balaban J connectivity index is 2.13. The zero-order valence-corrected chi connectivity index (χ0v) is 13.4. The molecule has 132 valence electrons. The Morgan fingerprint density at radius 1 is 1.20 bits per heavy atom. The van der Waals surface area contributed by atoms with E-state index in [2.05, 4.69) is 9.72 Å². The molecule has 1 unspecified atom stereocenters. The number of nitrogens with zero attached hydrogens (tertiary/aromatic N) is 1. The fraction of sp³-hybridized carbons (Fsp3) is 0.294. The van der Waals surface area contributed by atoms with Crippen molar-refractivity contribution < 1.29 is 32.2 Å². The molecule has 1 aliphatic rings. The molecule has 0 fully saturated rings. The maximum absolute atomic E-state index is 13.6. The quantitative estimate of drug-likeness (QED) is 0.767. The number of ether oxygens (including phenoxy) is 3. The molecule has 1 atom stereocenters. The molecule has 8 heteroatoms. The van der Waals surface area contributed by atoms with E-state index in [1.165, 1.54) is 44.6 Å². The van der Waals surface area contributed by atoms with Crippen LogP contribution in [0.4, 0.5) is 13.2 Å². The summed E-state index contributed by atoms with van der Waals surface area (Å²) in [5.41, 5.74) is 0.268. The van der Waals surface area contributed by atoms with Gasteiger partial charge in [-0.15, -0.1) is 0 Å². The largest absolute Gasteiger partial charge is 0.481 e. The van der Waals surface area contributed by atoms with Crippen LogP contribution in [0.15, 0.2) is 30.3 Å². The van der Waals surface area contributed by atoms with Crippen molar-refractivity contribution in [3.05, 3.63) is 47.2 Å². The third-order valence-electron chi connectivity index (χ3n) is 3.93. The molecule has 0 saturated carbocycles. The number of esters is 1. The zero-order valence-electron chi connectivity index (χ0n) is 13.4. The van der Waals surface area contributed by atoms with Crippen LogP contribution in [0, 0.1) is 0 Å². The molecular formula is C17H14F3NO4. The Bertz CT molecular complexity index is 820. The number of halogens is 3. The van der Waals surface area contributed by atoms with E-state index in [9.17, 15) is 18.0 Å². The minimum Gasteiger partial charge on any atom is -0.481 e. The highest BCUT2D eigenvalue weighted by molar-refractivity contribution is 5.90. The summed E-state index contributed by atoms with van der Waals surface area (Å²) in [4.78, 5) is 15.6. The standard InChI is InChI=1S/C17H14F3NO4/c1-23-14-6-5-12-15(21-14)11(17(18,19)20)7-9-3-4-10(16(22)24-2)8-13(9)25-12/h3-6,8,11H,7H2,1-2H3. The topological polar surface area (TPSA) is 57.7 Å². The van der Waals surface area contributed by atoms with E-state index < -0.39 is 18.1 Å². The first-order valence-electron chi connectivity index (χ1n) is 7.34. The van der Waals surface area contributed by atoms with Gasteiger partial charge in [0.2, 0.25) is 5.88 Å². The van der Waals surface area contributed by atoms with Gasteiger partial charge in [0.05, 0.1) is 25.5 Å². The van der Waals surface area contributed by atoms with Crippen molar-refractivity contribution in [2.45, 2.75) is 18.5 Å². The number of carbonyl (C=O) groups is 1. The van der Waals surface area contributed by atoms with Crippen molar-refractivity contribution in [2.24, 2.45) is 0 Å². The van der Waals surface area contributed by atoms with Crippen LogP contribution in [0.1, 0.15) is 27.5 Å². The molecule has 0 aliphatic carbocycles. The van der Waals surface area contributed by atoms with Crippen LogP contribution in [-0.4, -0.2) is 31.3 Å². The number of carbonyl (C=O) groups excluding carboxylic acids is 1. The molecule has 1 aliphatic heterocycles. The SMILES string of the molecule is COC(=O)c1ccc2c(c1)Oc1ccc(OC)nc1C(C(F)(F)F)C2. The van der Waals surface area contributed by atoms with Crippen LogP contribution in [0.25, 0.3) is 0 Å². The first-order valence-corrected chi connectivity index (χ1v) is 7.34. The third-order valence-corrected chi connectivity index (χ3v) is 3.93. The first-order chi connectivity index (χ1) is 11.8. The number of benzene rings is 1. The van der Waals surface area contributed by atoms with E-state index in [1.807, 2.05) is 0 Å². The van der Waals surface area contributed by atoms with E-state index in [1.54, 1.807) is 0 Å². The van der Waals surface area contributed by atoms with Crippen molar-refractivity contribution in [3.63, 3.8) is 0 Å². The van der Waals surface area contributed by atoms with Crippen LogP contribution < -0.4 is 9.47 Å². The molecule has 25 heavy (non-hydrogen) atoms. The van der Waals surface area contributed by atoms with Crippen LogP contribution in [0.3, 0.4) is 0 Å². The van der Waals surface area contributed by atoms with Crippen molar-refractivity contribution >= 4 is 5.97 Å². The lowest BCUT2D eigenvalue weighted by molar-refractivity contribution is -0.151. The number of hydrogen-bond acceptors (Lipinski definition) is 5. The molecule has 2 heterocycles. The Kier molecular flexibility index (Phi) is 4.28. The second kappa shape index (κ2) is 6.27.